The van der Waals surface area contributed by atoms with Crippen LogP contribution in [0.15, 0.2) is 30.3 Å². The van der Waals surface area contributed by atoms with Crippen LogP contribution in [0.1, 0.15) is 19.4 Å². The van der Waals surface area contributed by atoms with E-state index in [1.807, 2.05) is 6.07 Å². The molecule has 1 aromatic rings. The first kappa shape index (κ1) is 23.2. The first-order valence-electron chi connectivity index (χ1n) is 9.03. The number of alkyl carbamates (subject to hydrolysis) is 1. The molecule has 10 nitrogen and oxygen atoms in total. The molecule has 0 unspecified atom stereocenters. The van der Waals surface area contributed by atoms with Crippen molar-refractivity contribution in [3.8, 4) is 0 Å². The largest absolute Gasteiger partial charge is 0.467 e. The molecule has 2 rings (SSSR count). The third kappa shape index (κ3) is 6.21. The Hall–Kier alpha value is -3.08. The second-order valence-electron chi connectivity index (χ2n) is 6.42. The van der Waals surface area contributed by atoms with Gasteiger partial charge in [-0.3, -0.25) is 9.59 Å². The number of carbonyl (C=O) groups excluding carboxylic acids is 4. The van der Waals surface area contributed by atoms with E-state index in [0.717, 1.165) is 26.5 Å². The summed E-state index contributed by atoms with van der Waals surface area (Å²) >= 11 is 0. The van der Waals surface area contributed by atoms with Crippen LogP contribution in [0, 0.1) is 0 Å². The highest BCUT2D eigenvalue weighted by molar-refractivity contribution is 6.12. The predicted octanol–water partition coefficient (Wildman–Crippen LogP) is 0.211. The van der Waals surface area contributed by atoms with Crippen molar-refractivity contribution in [2.45, 2.75) is 50.8 Å². The molecule has 0 bridgehead atoms. The van der Waals surface area contributed by atoms with Gasteiger partial charge in [-0.15, -0.1) is 0 Å². The van der Waals surface area contributed by atoms with Gasteiger partial charge in [0.2, 0.25) is 0 Å². The molecular formula is C19H22BNO9. The summed E-state index contributed by atoms with van der Waals surface area (Å²) in [6.45, 7) is 2.22. The van der Waals surface area contributed by atoms with Gasteiger partial charge in [0, 0.05) is 13.8 Å². The van der Waals surface area contributed by atoms with E-state index < -0.39 is 54.4 Å². The minimum absolute atomic E-state index is 0.0466. The van der Waals surface area contributed by atoms with E-state index in [4.69, 9.17) is 31.5 Å². The summed E-state index contributed by atoms with van der Waals surface area (Å²) in [5.41, 5.74) is 0.731. The Bertz CT molecular complexity index is 773. The Labute approximate surface area is 174 Å². The van der Waals surface area contributed by atoms with E-state index >= 15 is 0 Å². The van der Waals surface area contributed by atoms with Crippen molar-refractivity contribution in [2.75, 3.05) is 7.11 Å². The van der Waals surface area contributed by atoms with E-state index in [2.05, 4.69) is 5.32 Å². The van der Waals surface area contributed by atoms with Crippen LogP contribution < -0.4 is 5.32 Å². The maximum atomic E-state index is 12.3. The van der Waals surface area contributed by atoms with Gasteiger partial charge in [-0.05, 0) is 5.56 Å². The number of rotatable bonds is 7. The number of methoxy groups -OCH3 is 1. The van der Waals surface area contributed by atoms with Gasteiger partial charge in [0.25, 0.3) is 0 Å². The molecule has 1 aliphatic heterocycles. The van der Waals surface area contributed by atoms with Gasteiger partial charge in [0.05, 0.1) is 13.1 Å². The van der Waals surface area contributed by atoms with Crippen LogP contribution in [0.2, 0.25) is 0 Å². The lowest BCUT2D eigenvalue weighted by molar-refractivity contribution is -0.165. The Morgan fingerprint density at radius 1 is 1.07 bits per heavy atom. The van der Waals surface area contributed by atoms with Crippen molar-refractivity contribution in [1.29, 1.82) is 0 Å². The standard InChI is InChI=1S/C19H22BNO9/c1-10(22)28-15-14(30-17(20)16(15)29-11(2)23)13(18(24)26-3)21-19(25)27-9-12-7-5-4-6-8-12/h4-8,13-17H,9H2,1-3H3,(H,21,25)/t13-,14+,15+,16+,17+/m0/s1. The van der Waals surface area contributed by atoms with E-state index in [0.29, 0.717) is 0 Å². The molecule has 5 atom stereocenters. The molecule has 11 heteroatoms. The molecule has 1 aromatic carbocycles. The SMILES string of the molecule is [B][C@@H]1O[C@H]([C@H](NC(=O)OCc2ccccc2)C(=O)OC)[C@@H](OC(C)=O)[C@H]1OC(C)=O. The molecule has 0 aromatic heterocycles. The second kappa shape index (κ2) is 10.6. The third-order valence-corrected chi connectivity index (χ3v) is 4.16. The summed E-state index contributed by atoms with van der Waals surface area (Å²) in [7, 11) is 6.94. The molecule has 1 fully saturated rings. The summed E-state index contributed by atoms with van der Waals surface area (Å²) in [6, 6.07) is 6.22. The maximum absolute atomic E-state index is 12.3. The predicted molar refractivity (Wildman–Crippen MR) is 101 cm³/mol. The number of amides is 1. The smallest absolute Gasteiger partial charge is 0.408 e. The molecular weight excluding hydrogens is 397 g/mol. The molecule has 0 aliphatic carbocycles. The number of ether oxygens (including phenoxy) is 5. The van der Waals surface area contributed by atoms with Crippen molar-refractivity contribution < 1.29 is 42.9 Å². The number of hydrogen-bond donors (Lipinski definition) is 1. The summed E-state index contributed by atoms with van der Waals surface area (Å²) in [4.78, 5) is 47.5. The van der Waals surface area contributed by atoms with Crippen LogP contribution in [0.3, 0.4) is 0 Å². The number of hydrogen-bond acceptors (Lipinski definition) is 9. The molecule has 1 amide bonds. The number of nitrogens with one attached hydrogen (secondary N) is 1. The molecule has 1 heterocycles. The molecule has 30 heavy (non-hydrogen) atoms. The summed E-state index contributed by atoms with van der Waals surface area (Å²) in [5.74, 6) is -2.32. The van der Waals surface area contributed by atoms with Crippen molar-refractivity contribution in [2.24, 2.45) is 0 Å². The van der Waals surface area contributed by atoms with Gasteiger partial charge in [0.15, 0.2) is 18.2 Å². The Balaban J connectivity index is 2.16. The number of esters is 3. The third-order valence-electron chi connectivity index (χ3n) is 4.16. The number of carbonyl (C=O) groups is 4. The fourth-order valence-corrected chi connectivity index (χ4v) is 2.92. The highest BCUT2D eigenvalue weighted by Gasteiger charge is 2.52. The van der Waals surface area contributed by atoms with Gasteiger partial charge in [0.1, 0.15) is 20.6 Å². The molecule has 160 valence electrons. The van der Waals surface area contributed by atoms with Gasteiger partial charge in [-0.2, -0.15) is 0 Å². The van der Waals surface area contributed by atoms with E-state index in [-0.39, 0.29) is 6.61 Å². The zero-order chi connectivity index (χ0) is 22.3. The maximum Gasteiger partial charge on any atom is 0.408 e. The van der Waals surface area contributed by atoms with Crippen LogP contribution in [0.25, 0.3) is 0 Å². The lowest BCUT2D eigenvalue weighted by Crippen LogP contribution is -2.54. The lowest BCUT2D eigenvalue weighted by atomic mass is 9.91. The molecule has 2 radical (unpaired) electrons. The zero-order valence-electron chi connectivity index (χ0n) is 16.7. The Morgan fingerprint density at radius 2 is 1.67 bits per heavy atom. The van der Waals surface area contributed by atoms with Gasteiger partial charge in [-0.1, -0.05) is 30.3 Å². The fraction of sp³-hybridized carbons (Fsp3) is 0.474. The van der Waals surface area contributed by atoms with Crippen molar-refractivity contribution in [3.05, 3.63) is 35.9 Å². The fourth-order valence-electron chi connectivity index (χ4n) is 2.92. The summed E-state index contributed by atoms with van der Waals surface area (Å²) in [6.07, 6.45) is -4.68. The number of benzene rings is 1. The Morgan fingerprint density at radius 3 is 2.23 bits per heavy atom. The van der Waals surface area contributed by atoms with Gasteiger partial charge in [-0.25, -0.2) is 9.59 Å². The molecule has 0 spiro atoms. The summed E-state index contributed by atoms with van der Waals surface area (Å²) < 4.78 is 25.6. The Kier molecular flexibility index (Phi) is 8.22. The minimum Gasteiger partial charge on any atom is -0.467 e. The lowest BCUT2D eigenvalue weighted by Gasteiger charge is -2.27. The van der Waals surface area contributed by atoms with Crippen molar-refractivity contribution >= 4 is 31.8 Å². The highest BCUT2D eigenvalue weighted by Crippen LogP contribution is 2.28. The molecule has 1 aliphatic rings. The minimum atomic E-state index is -1.45. The first-order valence-corrected chi connectivity index (χ1v) is 9.03. The van der Waals surface area contributed by atoms with Crippen LogP contribution in [-0.4, -0.2) is 69.3 Å². The summed E-state index contributed by atoms with van der Waals surface area (Å²) in [5, 5.41) is 2.33. The molecule has 1 N–H and O–H groups in total. The van der Waals surface area contributed by atoms with Crippen LogP contribution in [0.4, 0.5) is 4.79 Å². The van der Waals surface area contributed by atoms with Crippen molar-refractivity contribution in [1.82, 2.24) is 5.32 Å². The second-order valence-corrected chi connectivity index (χ2v) is 6.42. The molecule has 1 saturated heterocycles. The first-order chi connectivity index (χ1) is 14.2. The quantitative estimate of drug-likeness (QED) is 0.375. The van der Waals surface area contributed by atoms with Crippen LogP contribution >= 0.6 is 0 Å². The van der Waals surface area contributed by atoms with Crippen LogP contribution in [-0.2, 0) is 44.7 Å². The van der Waals surface area contributed by atoms with Crippen molar-refractivity contribution in [3.63, 3.8) is 0 Å². The normalized spacial score (nSPS) is 23.7. The van der Waals surface area contributed by atoms with Crippen LogP contribution in [0.5, 0.6) is 0 Å². The van der Waals surface area contributed by atoms with E-state index in [1.54, 1.807) is 24.3 Å². The van der Waals surface area contributed by atoms with Gasteiger partial charge >= 0.3 is 24.0 Å². The average Bonchev–Trinajstić information content (AvgIpc) is 2.99. The molecule has 0 saturated carbocycles. The highest BCUT2D eigenvalue weighted by atomic mass is 16.6. The average molecular weight is 419 g/mol. The monoisotopic (exact) mass is 419 g/mol. The van der Waals surface area contributed by atoms with Gasteiger partial charge < -0.3 is 29.0 Å². The zero-order valence-corrected chi connectivity index (χ0v) is 16.7. The van der Waals surface area contributed by atoms with E-state index in [1.165, 1.54) is 0 Å². The van der Waals surface area contributed by atoms with E-state index in [9.17, 15) is 19.2 Å². The topological polar surface area (TPSA) is 126 Å².